The Morgan fingerprint density at radius 1 is 1.12 bits per heavy atom. The van der Waals surface area contributed by atoms with Crippen molar-refractivity contribution in [2.45, 2.75) is 37.3 Å². The van der Waals surface area contributed by atoms with Crippen LogP contribution in [0.1, 0.15) is 31.0 Å². The van der Waals surface area contributed by atoms with E-state index in [2.05, 4.69) is 12.2 Å². The Balaban J connectivity index is 1.61. The lowest BCUT2D eigenvalue weighted by Crippen LogP contribution is -2.51. The number of sulfonamides is 1. The highest BCUT2D eigenvalue weighted by atomic mass is 35.5. The second-order valence-electron chi connectivity index (χ2n) is 7.89. The molecule has 3 aromatic rings. The molecule has 1 amide bonds. The fourth-order valence-corrected chi connectivity index (χ4v) is 5.40. The van der Waals surface area contributed by atoms with Crippen molar-refractivity contribution >= 4 is 33.2 Å². The summed E-state index contributed by atoms with van der Waals surface area (Å²) in [6, 6.07) is 20.6. The van der Waals surface area contributed by atoms with Gasteiger partial charge in [0.1, 0.15) is 5.75 Å². The van der Waals surface area contributed by atoms with Gasteiger partial charge in [-0.05, 0) is 54.8 Å². The van der Waals surface area contributed by atoms with Gasteiger partial charge in [0.15, 0.2) is 6.10 Å². The maximum Gasteiger partial charge on any atom is 0.264 e. The third-order valence-electron chi connectivity index (χ3n) is 5.66. The molecule has 1 N–H and O–H groups in total. The Labute approximate surface area is 199 Å². The summed E-state index contributed by atoms with van der Waals surface area (Å²) in [6.45, 7) is 3.80. The molecule has 0 spiro atoms. The van der Waals surface area contributed by atoms with E-state index in [9.17, 15) is 13.2 Å². The van der Waals surface area contributed by atoms with Gasteiger partial charge in [-0.1, -0.05) is 61.0 Å². The molecule has 8 heteroatoms. The molecule has 4 rings (SSSR count). The zero-order valence-corrected chi connectivity index (χ0v) is 19.9. The first-order chi connectivity index (χ1) is 15.8. The molecule has 0 unspecified atom stereocenters. The molecule has 0 fully saturated rings. The van der Waals surface area contributed by atoms with Gasteiger partial charge in [-0.2, -0.15) is 0 Å². The quantitative estimate of drug-likeness (QED) is 0.548. The van der Waals surface area contributed by atoms with Crippen LogP contribution < -0.4 is 14.4 Å². The number of aryl methyl sites for hydroxylation is 1. The van der Waals surface area contributed by atoms with Crippen LogP contribution in [0.15, 0.2) is 77.7 Å². The Kier molecular flexibility index (Phi) is 6.63. The lowest BCUT2D eigenvalue weighted by molar-refractivity contribution is -0.128. The average Bonchev–Trinajstić information content (AvgIpc) is 2.83. The smallest absolute Gasteiger partial charge is 0.264 e. The Morgan fingerprint density at radius 2 is 1.82 bits per heavy atom. The highest BCUT2D eigenvalue weighted by Gasteiger charge is 2.38. The van der Waals surface area contributed by atoms with Crippen LogP contribution in [0.2, 0.25) is 5.02 Å². The summed E-state index contributed by atoms with van der Waals surface area (Å²) in [7, 11) is -3.93. The van der Waals surface area contributed by atoms with Gasteiger partial charge in [-0.15, -0.1) is 0 Å². The predicted molar refractivity (Wildman–Crippen MR) is 129 cm³/mol. The number of ether oxygens (including phenoxy) is 1. The molecule has 2 atom stereocenters. The Morgan fingerprint density at radius 3 is 2.48 bits per heavy atom. The number of rotatable bonds is 6. The molecule has 1 aliphatic heterocycles. The number of amides is 1. The minimum Gasteiger partial charge on any atom is -0.476 e. The van der Waals surface area contributed by atoms with E-state index in [0.29, 0.717) is 10.7 Å². The van der Waals surface area contributed by atoms with Crippen LogP contribution in [0.5, 0.6) is 5.75 Å². The molecule has 0 radical (unpaired) electrons. The first kappa shape index (κ1) is 23.1. The van der Waals surface area contributed by atoms with Gasteiger partial charge in [0.2, 0.25) is 0 Å². The summed E-state index contributed by atoms with van der Waals surface area (Å²) >= 11 is 6.14. The third-order valence-corrected chi connectivity index (χ3v) is 7.69. The normalized spacial score (nSPS) is 16.5. The van der Waals surface area contributed by atoms with Crippen molar-refractivity contribution in [3.8, 4) is 5.75 Å². The third kappa shape index (κ3) is 4.84. The van der Waals surface area contributed by atoms with Gasteiger partial charge >= 0.3 is 0 Å². The standard InChI is InChI=1S/C25H25ClN2O4S/c1-3-18-9-11-19(12-10-18)17(2)27-25(29)24-16-28(22-15-20(26)13-14-23(22)32-24)33(30,31)21-7-5-4-6-8-21/h4-15,17,24H,3,16H2,1-2H3,(H,27,29)/t17-,24+/m1/s1. The molecule has 0 bridgehead atoms. The fourth-order valence-electron chi connectivity index (χ4n) is 3.74. The number of nitrogens with one attached hydrogen (secondary N) is 1. The number of benzene rings is 3. The first-order valence-corrected chi connectivity index (χ1v) is 12.5. The van der Waals surface area contributed by atoms with E-state index in [1.54, 1.807) is 30.3 Å². The minimum absolute atomic E-state index is 0.126. The summed E-state index contributed by atoms with van der Waals surface area (Å²) in [5.41, 5.74) is 2.47. The molecule has 1 aliphatic rings. The zero-order valence-electron chi connectivity index (χ0n) is 18.4. The van der Waals surface area contributed by atoms with Gasteiger partial charge in [-0.3, -0.25) is 9.10 Å². The van der Waals surface area contributed by atoms with Crippen molar-refractivity contribution in [1.29, 1.82) is 0 Å². The van der Waals surface area contributed by atoms with E-state index in [4.69, 9.17) is 16.3 Å². The van der Waals surface area contributed by atoms with Crippen LogP contribution in [-0.2, 0) is 21.2 Å². The highest BCUT2D eigenvalue weighted by molar-refractivity contribution is 7.92. The van der Waals surface area contributed by atoms with Crippen molar-refractivity contribution in [2.75, 3.05) is 10.8 Å². The van der Waals surface area contributed by atoms with Crippen molar-refractivity contribution in [3.05, 3.63) is 88.9 Å². The van der Waals surface area contributed by atoms with Crippen LogP contribution in [-0.4, -0.2) is 27.0 Å². The molecule has 0 aliphatic carbocycles. The number of nitrogens with zero attached hydrogens (tertiary/aromatic N) is 1. The van der Waals surface area contributed by atoms with E-state index >= 15 is 0 Å². The summed E-state index contributed by atoms with van der Waals surface area (Å²) in [4.78, 5) is 13.2. The number of hydrogen-bond acceptors (Lipinski definition) is 4. The van der Waals surface area contributed by atoms with Gasteiger partial charge in [0, 0.05) is 5.02 Å². The largest absolute Gasteiger partial charge is 0.476 e. The van der Waals surface area contributed by atoms with E-state index < -0.39 is 22.0 Å². The Bertz CT molecular complexity index is 1250. The lowest BCUT2D eigenvalue weighted by atomic mass is 10.0. The minimum atomic E-state index is -3.93. The van der Waals surface area contributed by atoms with Crippen LogP contribution in [0.25, 0.3) is 0 Å². The number of fused-ring (bicyclic) bond motifs is 1. The maximum absolute atomic E-state index is 13.4. The summed E-state index contributed by atoms with van der Waals surface area (Å²) < 4.78 is 34.0. The van der Waals surface area contributed by atoms with E-state index in [0.717, 1.165) is 12.0 Å². The van der Waals surface area contributed by atoms with Crippen molar-refractivity contribution in [1.82, 2.24) is 5.32 Å². The van der Waals surface area contributed by atoms with Crippen molar-refractivity contribution < 1.29 is 17.9 Å². The SMILES string of the molecule is CCc1ccc([C@@H](C)NC(=O)[C@@H]2CN(S(=O)(=O)c3ccccc3)c3cc(Cl)ccc3O2)cc1. The van der Waals surface area contributed by atoms with Crippen LogP contribution in [0, 0.1) is 0 Å². The molecule has 6 nitrogen and oxygen atoms in total. The predicted octanol–water partition coefficient (Wildman–Crippen LogP) is 4.74. The monoisotopic (exact) mass is 484 g/mol. The highest BCUT2D eigenvalue weighted by Crippen LogP contribution is 2.39. The van der Waals surface area contributed by atoms with E-state index in [1.165, 1.54) is 28.1 Å². The number of hydrogen-bond donors (Lipinski definition) is 1. The number of halogens is 1. The fraction of sp³-hybridized carbons (Fsp3) is 0.240. The summed E-state index contributed by atoms with van der Waals surface area (Å²) in [6.07, 6.45) is -0.0824. The number of carbonyl (C=O) groups is 1. The summed E-state index contributed by atoms with van der Waals surface area (Å²) in [5, 5.41) is 3.32. The van der Waals surface area contributed by atoms with Gasteiger partial charge in [-0.25, -0.2) is 8.42 Å². The van der Waals surface area contributed by atoms with Gasteiger partial charge < -0.3 is 10.1 Å². The first-order valence-electron chi connectivity index (χ1n) is 10.7. The van der Waals surface area contributed by atoms with Crippen LogP contribution in [0.4, 0.5) is 5.69 Å². The van der Waals surface area contributed by atoms with Crippen molar-refractivity contribution in [2.24, 2.45) is 0 Å². The molecular formula is C25H25ClN2O4S. The number of carbonyl (C=O) groups excluding carboxylic acids is 1. The Hall–Kier alpha value is -3.03. The molecule has 0 aromatic heterocycles. The molecule has 1 heterocycles. The van der Waals surface area contributed by atoms with Gasteiger partial charge in [0.05, 0.1) is 23.2 Å². The molecule has 0 saturated carbocycles. The van der Waals surface area contributed by atoms with Gasteiger partial charge in [0.25, 0.3) is 15.9 Å². The topological polar surface area (TPSA) is 75.7 Å². The summed E-state index contributed by atoms with van der Waals surface area (Å²) in [5.74, 6) is -0.110. The molecule has 172 valence electrons. The molecule has 0 saturated heterocycles. The lowest BCUT2D eigenvalue weighted by Gasteiger charge is -2.35. The number of anilines is 1. The molecule has 3 aromatic carbocycles. The van der Waals surface area contributed by atoms with Crippen LogP contribution >= 0.6 is 11.6 Å². The second-order valence-corrected chi connectivity index (χ2v) is 10.2. The van der Waals surface area contributed by atoms with Crippen molar-refractivity contribution in [3.63, 3.8) is 0 Å². The zero-order chi connectivity index (χ0) is 23.6. The second kappa shape index (κ2) is 9.45. The molecular weight excluding hydrogens is 460 g/mol. The van der Waals surface area contributed by atoms with Crippen LogP contribution in [0.3, 0.4) is 0 Å². The molecule has 33 heavy (non-hydrogen) atoms. The maximum atomic E-state index is 13.4. The van der Waals surface area contributed by atoms with E-state index in [1.807, 2.05) is 31.2 Å². The van der Waals surface area contributed by atoms with E-state index in [-0.39, 0.29) is 23.2 Å². The average molecular weight is 485 g/mol.